The summed E-state index contributed by atoms with van der Waals surface area (Å²) in [5, 5.41) is 4.21. The minimum absolute atomic E-state index is 0.754. The third-order valence-electron chi connectivity index (χ3n) is 1.68. The van der Waals surface area contributed by atoms with E-state index < -0.39 is 0 Å². The predicted octanol–water partition coefficient (Wildman–Crippen LogP) is 2.24. The molecule has 1 aromatic heterocycles. The van der Waals surface area contributed by atoms with Crippen molar-refractivity contribution in [3.05, 3.63) is 35.1 Å². The van der Waals surface area contributed by atoms with Crippen LogP contribution < -0.4 is 0 Å². The summed E-state index contributed by atoms with van der Waals surface area (Å²) >= 11 is 3.40. The Bertz CT molecular complexity index is 422. The van der Waals surface area contributed by atoms with Crippen LogP contribution in [0.5, 0.6) is 0 Å². The second-order valence-electron chi connectivity index (χ2n) is 2.75. The van der Waals surface area contributed by atoms with Crippen LogP contribution in [0.4, 0.5) is 0 Å². The SMILES string of the molecule is Cn1cnc(-c2cccc(Br)c2)n1. The van der Waals surface area contributed by atoms with Crippen molar-refractivity contribution in [1.29, 1.82) is 0 Å². The zero-order valence-corrected chi connectivity index (χ0v) is 8.69. The van der Waals surface area contributed by atoms with Crippen LogP contribution in [0.25, 0.3) is 11.4 Å². The van der Waals surface area contributed by atoms with E-state index in [-0.39, 0.29) is 0 Å². The second-order valence-corrected chi connectivity index (χ2v) is 3.67. The molecule has 4 heteroatoms. The average Bonchev–Trinajstić information content (AvgIpc) is 2.52. The third-order valence-corrected chi connectivity index (χ3v) is 2.18. The minimum Gasteiger partial charge on any atom is -0.255 e. The second kappa shape index (κ2) is 3.30. The first-order valence-electron chi connectivity index (χ1n) is 3.87. The van der Waals surface area contributed by atoms with E-state index in [1.807, 2.05) is 31.3 Å². The van der Waals surface area contributed by atoms with Gasteiger partial charge in [0, 0.05) is 17.1 Å². The zero-order valence-electron chi connectivity index (χ0n) is 7.11. The molecule has 0 saturated heterocycles. The molecule has 0 amide bonds. The van der Waals surface area contributed by atoms with Crippen LogP contribution in [-0.2, 0) is 7.05 Å². The van der Waals surface area contributed by atoms with E-state index in [1.165, 1.54) is 0 Å². The van der Waals surface area contributed by atoms with E-state index in [2.05, 4.69) is 26.0 Å². The van der Waals surface area contributed by atoms with Crippen molar-refractivity contribution in [1.82, 2.24) is 14.8 Å². The maximum atomic E-state index is 4.21. The van der Waals surface area contributed by atoms with E-state index in [4.69, 9.17) is 0 Å². The van der Waals surface area contributed by atoms with Gasteiger partial charge in [0.1, 0.15) is 6.33 Å². The van der Waals surface area contributed by atoms with Crippen LogP contribution in [-0.4, -0.2) is 14.8 Å². The lowest BCUT2D eigenvalue weighted by Gasteiger charge is -1.94. The fraction of sp³-hybridized carbons (Fsp3) is 0.111. The van der Waals surface area contributed by atoms with Crippen molar-refractivity contribution in [3.8, 4) is 11.4 Å². The first kappa shape index (κ1) is 8.44. The molecule has 13 heavy (non-hydrogen) atoms. The maximum absolute atomic E-state index is 4.21. The lowest BCUT2D eigenvalue weighted by molar-refractivity contribution is 0.768. The van der Waals surface area contributed by atoms with Crippen molar-refractivity contribution in [2.75, 3.05) is 0 Å². The molecule has 1 heterocycles. The van der Waals surface area contributed by atoms with Crippen molar-refractivity contribution in [2.45, 2.75) is 0 Å². The monoisotopic (exact) mass is 237 g/mol. The summed E-state index contributed by atoms with van der Waals surface area (Å²) in [7, 11) is 1.86. The summed E-state index contributed by atoms with van der Waals surface area (Å²) in [5.74, 6) is 0.754. The molecule has 0 bridgehead atoms. The molecule has 3 nitrogen and oxygen atoms in total. The highest BCUT2D eigenvalue weighted by Gasteiger charge is 2.01. The fourth-order valence-corrected chi connectivity index (χ4v) is 1.50. The average molecular weight is 238 g/mol. The molecule has 1 aromatic carbocycles. The number of hydrogen-bond donors (Lipinski definition) is 0. The molecule has 2 rings (SSSR count). The summed E-state index contributed by atoms with van der Waals surface area (Å²) in [6, 6.07) is 7.93. The third kappa shape index (κ3) is 1.78. The molecule has 0 fully saturated rings. The van der Waals surface area contributed by atoms with Crippen LogP contribution in [0.3, 0.4) is 0 Å². The maximum Gasteiger partial charge on any atom is 0.181 e. The number of aryl methyl sites for hydroxylation is 1. The molecule has 0 aliphatic carbocycles. The lowest BCUT2D eigenvalue weighted by Crippen LogP contribution is -1.87. The van der Waals surface area contributed by atoms with Gasteiger partial charge in [-0.15, -0.1) is 0 Å². The van der Waals surface area contributed by atoms with Gasteiger partial charge in [-0.1, -0.05) is 28.1 Å². The van der Waals surface area contributed by atoms with Gasteiger partial charge < -0.3 is 0 Å². The topological polar surface area (TPSA) is 30.7 Å². The van der Waals surface area contributed by atoms with Gasteiger partial charge in [-0.2, -0.15) is 5.10 Å². The Balaban J connectivity index is 2.46. The first-order chi connectivity index (χ1) is 6.25. The van der Waals surface area contributed by atoms with Crippen LogP contribution in [0.15, 0.2) is 35.1 Å². The summed E-state index contributed by atoms with van der Waals surface area (Å²) in [5.41, 5.74) is 1.02. The highest BCUT2D eigenvalue weighted by atomic mass is 79.9. The highest BCUT2D eigenvalue weighted by molar-refractivity contribution is 9.10. The minimum atomic E-state index is 0.754. The Hall–Kier alpha value is -1.16. The molecular weight excluding hydrogens is 230 g/mol. The van der Waals surface area contributed by atoms with E-state index in [1.54, 1.807) is 11.0 Å². The smallest absolute Gasteiger partial charge is 0.181 e. The fourth-order valence-electron chi connectivity index (χ4n) is 1.10. The molecule has 0 N–H and O–H groups in total. The van der Waals surface area contributed by atoms with Crippen LogP contribution in [0.2, 0.25) is 0 Å². The van der Waals surface area contributed by atoms with Crippen molar-refractivity contribution < 1.29 is 0 Å². The zero-order chi connectivity index (χ0) is 9.26. The summed E-state index contributed by atoms with van der Waals surface area (Å²) < 4.78 is 2.73. The molecule has 0 spiro atoms. The Labute approximate surface area is 84.5 Å². The number of hydrogen-bond acceptors (Lipinski definition) is 2. The molecule has 66 valence electrons. The molecule has 0 saturated carbocycles. The van der Waals surface area contributed by atoms with E-state index in [9.17, 15) is 0 Å². The van der Waals surface area contributed by atoms with Gasteiger partial charge in [-0.25, -0.2) is 4.98 Å². The molecule has 2 aromatic rings. The number of nitrogens with zero attached hydrogens (tertiary/aromatic N) is 3. The van der Waals surface area contributed by atoms with Crippen molar-refractivity contribution in [2.24, 2.45) is 7.05 Å². The summed E-state index contributed by atoms with van der Waals surface area (Å²) in [6.07, 6.45) is 1.69. The Morgan fingerprint density at radius 3 is 2.85 bits per heavy atom. The van der Waals surface area contributed by atoms with Crippen LogP contribution >= 0.6 is 15.9 Å². The van der Waals surface area contributed by atoms with Crippen molar-refractivity contribution >= 4 is 15.9 Å². The van der Waals surface area contributed by atoms with Gasteiger partial charge in [-0.3, -0.25) is 4.68 Å². The van der Waals surface area contributed by atoms with Gasteiger partial charge in [-0.05, 0) is 12.1 Å². The van der Waals surface area contributed by atoms with Crippen LogP contribution in [0, 0.1) is 0 Å². The molecule has 0 radical (unpaired) electrons. The number of halogens is 1. The molecule has 0 unspecified atom stereocenters. The van der Waals surface area contributed by atoms with E-state index in [0.29, 0.717) is 0 Å². The van der Waals surface area contributed by atoms with Crippen LogP contribution in [0.1, 0.15) is 0 Å². The standard InChI is InChI=1S/C9H8BrN3/c1-13-6-11-9(12-13)7-3-2-4-8(10)5-7/h2-6H,1H3. The van der Waals surface area contributed by atoms with E-state index >= 15 is 0 Å². The van der Waals surface area contributed by atoms with Gasteiger partial charge in [0.05, 0.1) is 0 Å². The first-order valence-corrected chi connectivity index (χ1v) is 4.66. The number of aromatic nitrogens is 3. The highest BCUT2D eigenvalue weighted by Crippen LogP contribution is 2.18. The largest absolute Gasteiger partial charge is 0.255 e. The van der Waals surface area contributed by atoms with Gasteiger partial charge in [0.15, 0.2) is 5.82 Å². The quantitative estimate of drug-likeness (QED) is 0.762. The van der Waals surface area contributed by atoms with Gasteiger partial charge in [0.25, 0.3) is 0 Å². The summed E-state index contributed by atoms with van der Waals surface area (Å²) in [6.45, 7) is 0. The Kier molecular flexibility index (Phi) is 2.14. The van der Waals surface area contributed by atoms with E-state index in [0.717, 1.165) is 15.9 Å². The molecular formula is C9H8BrN3. The summed E-state index contributed by atoms with van der Waals surface area (Å²) in [4.78, 5) is 4.16. The Morgan fingerprint density at radius 1 is 1.38 bits per heavy atom. The number of benzene rings is 1. The van der Waals surface area contributed by atoms with Crippen molar-refractivity contribution in [3.63, 3.8) is 0 Å². The van der Waals surface area contributed by atoms with Gasteiger partial charge in [0.2, 0.25) is 0 Å². The molecule has 0 aliphatic heterocycles. The normalized spacial score (nSPS) is 10.3. The predicted molar refractivity (Wildman–Crippen MR) is 54.1 cm³/mol. The lowest BCUT2D eigenvalue weighted by atomic mass is 10.2. The molecule has 0 aliphatic rings. The molecule has 0 atom stereocenters. The van der Waals surface area contributed by atoms with Gasteiger partial charge >= 0.3 is 0 Å². The number of rotatable bonds is 1. The Morgan fingerprint density at radius 2 is 2.23 bits per heavy atom.